The van der Waals surface area contributed by atoms with Crippen molar-refractivity contribution >= 4 is 33.2 Å². The smallest absolute Gasteiger partial charge is 0.240 e. The van der Waals surface area contributed by atoms with Gasteiger partial charge in [0.15, 0.2) is 0 Å². The molecule has 2 rings (SSSR count). The standard InChI is InChI=1S/C18H27ClN2O4S/c1-26(23,24)21(17-11-6-5-10-16(17)19)14-18(22)20-12-7-13-25-15-8-3-2-4-9-15/h5-6,10-11,15H,2-4,7-9,12-14H2,1H3,(H,20,22). The monoisotopic (exact) mass is 402 g/mol. The van der Waals surface area contributed by atoms with E-state index >= 15 is 0 Å². The first-order chi connectivity index (χ1) is 12.4. The van der Waals surface area contributed by atoms with Gasteiger partial charge in [-0.25, -0.2) is 8.42 Å². The molecule has 1 fully saturated rings. The molecule has 0 aromatic heterocycles. The SMILES string of the molecule is CS(=O)(=O)N(CC(=O)NCCCOC1CCCCC1)c1ccccc1Cl. The highest BCUT2D eigenvalue weighted by molar-refractivity contribution is 7.92. The first kappa shape index (κ1) is 21.0. The van der Waals surface area contributed by atoms with Crippen molar-refractivity contribution in [2.75, 3.05) is 30.3 Å². The van der Waals surface area contributed by atoms with Crippen molar-refractivity contribution in [1.82, 2.24) is 5.32 Å². The van der Waals surface area contributed by atoms with Crippen LogP contribution in [-0.2, 0) is 19.6 Å². The summed E-state index contributed by atoms with van der Waals surface area (Å²) in [5, 5.41) is 3.03. The Morgan fingerprint density at radius 1 is 1.27 bits per heavy atom. The van der Waals surface area contributed by atoms with Crippen LogP contribution < -0.4 is 9.62 Å². The number of hydrogen-bond donors (Lipinski definition) is 1. The van der Waals surface area contributed by atoms with E-state index < -0.39 is 10.0 Å². The molecule has 6 nitrogen and oxygen atoms in total. The Bertz CT molecular complexity index is 690. The maximum absolute atomic E-state index is 12.1. The third-order valence-electron chi connectivity index (χ3n) is 4.36. The number of halogens is 1. The molecular weight excluding hydrogens is 376 g/mol. The summed E-state index contributed by atoms with van der Waals surface area (Å²) in [7, 11) is -3.62. The van der Waals surface area contributed by atoms with E-state index in [4.69, 9.17) is 16.3 Å². The van der Waals surface area contributed by atoms with E-state index in [1.807, 2.05) is 0 Å². The maximum Gasteiger partial charge on any atom is 0.240 e. The number of ether oxygens (including phenoxy) is 1. The molecule has 0 unspecified atom stereocenters. The quantitative estimate of drug-likeness (QED) is 0.644. The van der Waals surface area contributed by atoms with Crippen molar-refractivity contribution in [2.24, 2.45) is 0 Å². The van der Waals surface area contributed by atoms with Gasteiger partial charge in [-0.3, -0.25) is 9.10 Å². The zero-order chi connectivity index (χ0) is 19.0. The van der Waals surface area contributed by atoms with Gasteiger partial charge in [-0.15, -0.1) is 0 Å². The molecule has 26 heavy (non-hydrogen) atoms. The van der Waals surface area contributed by atoms with Crippen LogP contribution in [0.2, 0.25) is 5.02 Å². The van der Waals surface area contributed by atoms with Crippen molar-refractivity contribution in [3.05, 3.63) is 29.3 Å². The molecule has 1 aromatic carbocycles. The molecule has 1 aliphatic rings. The lowest BCUT2D eigenvalue weighted by molar-refractivity contribution is -0.119. The van der Waals surface area contributed by atoms with Crippen LogP contribution in [0.3, 0.4) is 0 Å². The van der Waals surface area contributed by atoms with Crippen molar-refractivity contribution in [3.8, 4) is 0 Å². The number of anilines is 1. The van der Waals surface area contributed by atoms with Gasteiger partial charge < -0.3 is 10.1 Å². The van der Waals surface area contributed by atoms with Gasteiger partial charge in [-0.05, 0) is 31.4 Å². The fraction of sp³-hybridized carbons (Fsp3) is 0.611. The highest BCUT2D eigenvalue weighted by atomic mass is 35.5. The highest BCUT2D eigenvalue weighted by Gasteiger charge is 2.22. The Morgan fingerprint density at radius 3 is 2.62 bits per heavy atom. The molecule has 8 heteroatoms. The van der Waals surface area contributed by atoms with Crippen LogP contribution in [0.25, 0.3) is 0 Å². The number of rotatable bonds is 9. The number of amides is 1. The number of nitrogens with one attached hydrogen (secondary N) is 1. The second-order valence-corrected chi connectivity index (χ2v) is 8.87. The maximum atomic E-state index is 12.1. The van der Waals surface area contributed by atoms with Crippen molar-refractivity contribution < 1.29 is 17.9 Å². The lowest BCUT2D eigenvalue weighted by Crippen LogP contribution is -2.41. The molecule has 0 aliphatic heterocycles. The Morgan fingerprint density at radius 2 is 1.96 bits per heavy atom. The molecule has 0 saturated heterocycles. The van der Waals surface area contributed by atoms with E-state index in [1.54, 1.807) is 24.3 Å². The minimum absolute atomic E-state index is 0.284. The normalized spacial score (nSPS) is 15.6. The number of nitrogens with zero attached hydrogens (tertiary/aromatic N) is 1. The average molecular weight is 403 g/mol. The number of sulfonamides is 1. The fourth-order valence-corrected chi connectivity index (χ4v) is 4.16. The second kappa shape index (κ2) is 10.1. The van der Waals surface area contributed by atoms with Crippen LogP contribution >= 0.6 is 11.6 Å². The molecule has 0 atom stereocenters. The van der Waals surface area contributed by atoms with Crippen LogP contribution in [0.15, 0.2) is 24.3 Å². The first-order valence-electron chi connectivity index (χ1n) is 8.98. The largest absolute Gasteiger partial charge is 0.378 e. The molecule has 0 spiro atoms. The Kier molecular flexibility index (Phi) is 8.18. The third-order valence-corrected chi connectivity index (χ3v) is 5.80. The van der Waals surface area contributed by atoms with Crippen LogP contribution in [0.1, 0.15) is 38.5 Å². The van der Waals surface area contributed by atoms with Gasteiger partial charge in [0.05, 0.1) is 23.1 Å². The van der Waals surface area contributed by atoms with E-state index in [2.05, 4.69) is 5.32 Å². The molecule has 146 valence electrons. The molecule has 0 radical (unpaired) electrons. The van der Waals surface area contributed by atoms with Gasteiger partial charge in [0.1, 0.15) is 6.54 Å². The summed E-state index contributed by atoms with van der Waals surface area (Å²) < 4.78 is 30.9. The molecule has 0 bridgehead atoms. The predicted octanol–water partition coefficient (Wildman–Crippen LogP) is 2.96. The van der Waals surface area contributed by atoms with Crippen LogP contribution in [0, 0.1) is 0 Å². The molecule has 1 aromatic rings. The third kappa shape index (κ3) is 6.78. The zero-order valence-corrected chi connectivity index (χ0v) is 16.7. The Balaban J connectivity index is 1.78. The van der Waals surface area contributed by atoms with Gasteiger partial charge in [0.2, 0.25) is 15.9 Å². The lowest BCUT2D eigenvalue weighted by Gasteiger charge is -2.23. The fourth-order valence-electron chi connectivity index (χ4n) is 3.00. The summed E-state index contributed by atoms with van der Waals surface area (Å²) in [6, 6.07) is 6.56. The molecule has 1 N–H and O–H groups in total. The number of benzene rings is 1. The van der Waals surface area contributed by atoms with E-state index in [0.717, 1.165) is 23.4 Å². The molecule has 1 saturated carbocycles. The summed E-state index contributed by atoms with van der Waals surface area (Å²) in [6.07, 6.45) is 8.09. The number of hydrogen-bond acceptors (Lipinski definition) is 4. The molecular formula is C18H27ClN2O4S. The zero-order valence-electron chi connectivity index (χ0n) is 15.1. The number of carbonyl (C=O) groups is 1. The van der Waals surface area contributed by atoms with Crippen LogP contribution in [0.4, 0.5) is 5.69 Å². The highest BCUT2D eigenvalue weighted by Crippen LogP contribution is 2.26. The summed E-state index contributed by atoms with van der Waals surface area (Å²) in [5.74, 6) is -0.368. The summed E-state index contributed by atoms with van der Waals surface area (Å²) in [4.78, 5) is 12.1. The minimum Gasteiger partial charge on any atom is -0.378 e. The van der Waals surface area contributed by atoms with Crippen LogP contribution in [-0.4, -0.2) is 46.4 Å². The summed E-state index contributed by atoms with van der Waals surface area (Å²) in [6.45, 7) is 0.753. The van der Waals surface area contributed by atoms with Crippen molar-refractivity contribution in [2.45, 2.75) is 44.6 Å². The Hall–Kier alpha value is -1.31. The molecule has 0 heterocycles. The minimum atomic E-state index is -3.62. The number of para-hydroxylation sites is 1. The summed E-state index contributed by atoms with van der Waals surface area (Å²) in [5.41, 5.74) is 0.299. The van der Waals surface area contributed by atoms with E-state index in [-0.39, 0.29) is 17.5 Å². The van der Waals surface area contributed by atoms with E-state index in [1.165, 1.54) is 19.3 Å². The number of carbonyl (C=O) groups excluding carboxylic acids is 1. The second-order valence-electron chi connectivity index (χ2n) is 6.56. The summed E-state index contributed by atoms with van der Waals surface area (Å²) >= 11 is 6.07. The first-order valence-corrected chi connectivity index (χ1v) is 11.2. The van der Waals surface area contributed by atoms with Crippen molar-refractivity contribution in [1.29, 1.82) is 0 Å². The average Bonchev–Trinajstić information content (AvgIpc) is 2.60. The topological polar surface area (TPSA) is 75.7 Å². The van der Waals surface area contributed by atoms with E-state index in [0.29, 0.717) is 31.4 Å². The Labute approximate surface area is 160 Å². The lowest BCUT2D eigenvalue weighted by atomic mass is 9.98. The van der Waals surface area contributed by atoms with Crippen molar-refractivity contribution in [3.63, 3.8) is 0 Å². The van der Waals surface area contributed by atoms with Gasteiger partial charge in [-0.1, -0.05) is 43.0 Å². The van der Waals surface area contributed by atoms with Gasteiger partial charge >= 0.3 is 0 Å². The van der Waals surface area contributed by atoms with Gasteiger partial charge in [0, 0.05) is 13.2 Å². The van der Waals surface area contributed by atoms with Gasteiger partial charge in [-0.2, -0.15) is 0 Å². The predicted molar refractivity (Wildman–Crippen MR) is 104 cm³/mol. The van der Waals surface area contributed by atoms with Crippen LogP contribution in [0.5, 0.6) is 0 Å². The van der Waals surface area contributed by atoms with Gasteiger partial charge in [0.25, 0.3) is 0 Å². The molecule has 1 amide bonds. The van der Waals surface area contributed by atoms with E-state index in [9.17, 15) is 13.2 Å². The molecule has 1 aliphatic carbocycles.